The zero-order chi connectivity index (χ0) is 19.3. The van der Waals surface area contributed by atoms with Crippen molar-refractivity contribution in [2.75, 3.05) is 18.8 Å². The summed E-state index contributed by atoms with van der Waals surface area (Å²) in [4.78, 5) is 18.8. The maximum absolute atomic E-state index is 12.7. The molecule has 2 aromatic carbocycles. The number of nitrogens with two attached hydrogens (primary N) is 1. The average molecular weight is 373 g/mol. The van der Waals surface area contributed by atoms with Crippen LogP contribution in [0.25, 0.3) is 0 Å². The maximum atomic E-state index is 12.7. The van der Waals surface area contributed by atoms with Crippen LogP contribution >= 0.6 is 0 Å². The second kappa shape index (κ2) is 8.13. The van der Waals surface area contributed by atoms with Gasteiger partial charge in [-0.25, -0.2) is 4.98 Å². The average Bonchev–Trinajstić information content (AvgIpc) is 2.76. The first-order valence-electron chi connectivity index (χ1n) is 9.54. The lowest BCUT2D eigenvalue weighted by Gasteiger charge is -2.33. The zero-order valence-corrected chi connectivity index (χ0v) is 15.6. The van der Waals surface area contributed by atoms with E-state index in [1.807, 2.05) is 53.4 Å². The minimum atomic E-state index is 0.102. The lowest BCUT2D eigenvalue weighted by molar-refractivity contribution is 0.0712. The summed E-state index contributed by atoms with van der Waals surface area (Å²) in [6.07, 6.45) is 3.47. The van der Waals surface area contributed by atoms with Crippen LogP contribution in [0, 0.1) is 0 Å². The molecule has 1 amide bonds. The third-order valence-electron chi connectivity index (χ3n) is 5.17. The number of ether oxygens (including phenoxy) is 1. The van der Waals surface area contributed by atoms with Crippen LogP contribution in [0.3, 0.4) is 0 Å². The van der Waals surface area contributed by atoms with Gasteiger partial charge in [0, 0.05) is 24.8 Å². The minimum absolute atomic E-state index is 0.102. The van der Waals surface area contributed by atoms with E-state index >= 15 is 0 Å². The number of carbonyl (C=O) groups excluding carboxylic acids is 1. The zero-order valence-electron chi connectivity index (χ0n) is 15.6. The molecular weight excluding hydrogens is 350 g/mol. The Hall–Kier alpha value is -3.34. The summed E-state index contributed by atoms with van der Waals surface area (Å²) in [5.74, 6) is 1.64. The Balaban J connectivity index is 1.47. The monoisotopic (exact) mass is 373 g/mol. The van der Waals surface area contributed by atoms with Crippen LogP contribution in [0.4, 0.5) is 5.69 Å². The van der Waals surface area contributed by atoms with Crippen LogP contribution in [0.2, 0.25) is 0 Å². The largest absolute Gasteiger partial charge is 0.437 e. The highest BCUT2D eigenvalue weighted by Crippen LogP contribution is 2.37. The van der Waals surface area contributed by atoms with Crippen molar-refractivity contribution in [1.82, 2.24) is 9.88 Å². The van der Waals surface area contributed by atoms with E-state index < -0.39 is 0 Å². The van der Waals surface area contributed by atoms with Crippen LogP contribution in [0.1, 0.15) is 34.7 Å². The van der Waals surface area contributed by atoms with Gasteiger partial charge in [0.1, 0.15) is 5.75 Å². The number of amides is 1. The summed E-state index contributed by atoms with van der Waals surface area (Å²) in [6.45, 7) is 1.47. The highest BCUT2D eigenvalue weighted by molar-refractivity contribution is 5.94. The van der Waals surface area contributed by atoms with E-state index in [-0.39, 0.29) is 5.91 Å². The Labute approximate surface area is 164 Å². The molecule has 0 unspecified atom stereocenters. The van der Waals surface area contributed by atoms with Gasteiger partial charge in [0.25, 0.3) is 5.91 Å². The fraction of sp³-hybridized carbons (Fsp3) is 0.217. The topological polar surface area (TPSA) is 68.5 Å². The lowest BCUT2D eigenvalue weighted by Crippen LogP contribution is -2.37. The summed E-state index contributed by atoms with van der Waals surface area (Å²) >= 11 is 0. The maximum Gasteiger partial charge on any atom is 0.253 e. The second-order valence-electron chi connectivity index (χ2n) is 6.97. The first-order valence-corrected chi connectivity index (χ1v) is 9.54. The van der Waals surface area contributed by atoms with Crippen molar-refractivity contribution in [3.63, 3.8) is 0 Å². The van der Waals surface area contributed by atoms with Gasteiger partial charge in [-0.3, -0.25) is 4.79 Å². The molecule has 5 nitrogen and oxygen atoms in total. The first kappa shape index (κ1) is 18.0. The summed E-state index contributed by atoms with van der Waals surface area (Å²) in [5, 5.41) is 0. The summed E-state index contributed by atoms with van der Waals surface area (Å²) in [6, 6.07) is 21.0. The Kier molecular flexibility index (Phi) is 5.24. The highest BCUT2D eigenvalue weighted by atomic mass is 16.5. The van der Waals surface area contributed by atoms with E-state index in [2.05, 4.69) is 11.1 Å². The molecule has 5 heteroatoms. The number of nitrogen functional groups attached to an aromatic ring is 1. The van der Waals surface area contributed by atoms with Crippen molar-refractivity contribution >= 4 is 11.6 Å². The predicted octanol–water partition coefficient (Wildman–Crippen LogP) is 4.48. The standard InChI is InChI=1S/C23H23N3O2/c24-20-10-6-14-25-22(20)28-21-11-5-4-9-19(21)17-12-15-26(16-13-17)23(27)18-7-2-1-3-8-18/h1-11,14,17H,12-13,15-16,24H2. The van der Waals surface area contributed by atoms with E-state index in [9.17, 15) is 4.79 Å². The summed E-state index contributed by atoms with van der Waals surface area (Å²) in [5.41, 5.74) is 8.37. The SMILES string of the molecule is Nc1cccnc1Oc1ccccc1C1CCN(C(=O)c2ccccc2)CC1. The van der Waals surface area contributed by atoms with Crippen molar-refractivity contribution in [3.8, 4) is 11.6 Å². The number of likely N-dealkylation sites (tertiary alicyclic amines) is 1. The van der Waals surface area contributed by atoms with E-state index in [0.29, 0.717) is 17.5 Å². The molecule has 0 atom stereocenters. The van der Waals surface area contributed by atoms with Gasteiger partial charge in [-0.1, -0.05) is 36.4 Å². The Morgan fingerprint density at radius 1 is 0.964 bits per heavy atom. The number of hydrogen-bond acceptors (Lipinski definition) is 4. The quantitative estimate of drug-likeness (QED) is 0.732. The van der Waals surface area contributed by atoms with Gasteiger partial charge < -0.3 is 15.4 Å². The predicted molar refractivity (Wildman–Crippen MR) is 109 cm³/mol. The smallest absolute Gasteiger partial charge is 0.253 e. The normalized spacial score (nSPS) is 14.6. The molecule has 1 aliphatic heterocycles. The highest BCUT2D eigenvalue weighted by Gasteiger charge is 2.26. The molecule has 1 fully saturated rings. The fourth-order valence-corrected chi connectivity index (χ4v) is 3.66. The van der Waals surface area contributed by atoms with Crippen LogP contribution in [0.15, 0.2) is 72.9 Å². The molecule has 0 radical (unpaired) electrons. The Morgan fingerprint density at radius 3 is 2.43 bits per heavy atom. The number of hydrogen-bond donors (Lipinski definition) is 1. The molecular formula is C23H23N3O2. The minimum Gasteiger partial charge on any atom is -0.437 e. The van der Waals surface area contributed by atoms with Crippen LogP contribution in [-0.4, -0.2) is 28.9 Å². The van der Waals surface area contributed by atoms with Gasteiger partial charge in [0.2, 0.25) is 5.88 Å². The molecule has 2 heterocycles. The molecule has 0 saturated carbocycles. The van der Waals surface area contributed by atoms with E-state index in [4.69, 9.17) is 10.5 Å². The molecule has 1 saturated heterocycles. The molecule has 1 aliphatic rings. The van der Waals surface area contributed by atoms with Crippen molar-refractivity contribution in [3.05, 3.63) is 84.1 Å². The van der Waals surface area contributed by atoms with E-state index in [1.54, 1.807) is 18.3 Å². The van der Waals surface area contributed by atoms with Gasteiger partial charge >= 0.3 is 0 Å². The number of aromatic nitrogens is 1. The molecule has 0 spiro atoms. The molecule has 0 bridgehead atoms. The molecule has 28 heavy (non-hydrogen) atoms. The molecule has 142 valence electrons. The number of para-hydroxylation sites is 1. The molecule has 3 aromatic rings. The van der Waals surface area contributed by atoms with E-state index in [1.165, 1.54) is 0 Å². The van der Waals surface area contributed by atoms with Gasteiger partial charge in [-0.15, -0.1) is 0 Å². The van der Waals surface area contributed by atoms with Crippen LogP contribution in [0.5, 0.6) is 11.6 Å². The van der Waals surface area contributed by atoms with Gasteiger partial charge in [0.05, 0.1) is 5.69 Å². The molecule has 2 N–H and O–H groups in total. The number of carbonyl (C=O) groups is 1. The van der Waals surface area contributed by atoms with Crippen LogP contribution < -0.4 is 10.5 Å². The summed E-state index contributed by atoms with van der Waals surface area (Å²) < 4.78 is 6.02. The Bertz CT molecular complexity index is 951. The summed E-state index contributed by atoms with van der Waals surface area (Å²) in [7, 11) is 0. The van der Waals surface area contributed by atoms with Gasteiger partial charge in [0.15, 0.2) is 0 Å². The first-order chi connectivity index (χ1) is 13.7. The molecule has 1 aromatic heterocycles. The van der Waals surface area contributed by atoms with Crippen molar-refractivity contribution in [2.45, 2.75) is 18.8 Å². The number of rotatable bonds is 4. The van der Waals surface area contributed by atoms with Crippen molar-refractivity contribution in [2.24, 2.45) is 0 Å². The number of pyridine rings is 1. The fourth-order valence-electron chi connectivity index (χ4n) is 3.66. The van der Waals surface area contributed by atoms with Gasteiger partial charge in [-0.2, -0.15) is 0 Å². The molecule has 0 aliphatic carbocycles. The number of benzene rings is 2. The third-order valence-corrected chi connectivity index (χ3v) is 5.17. The molecule has 4 rings (SSSR count). The second-order valence-corrected chi connectivity index (χ2v) is 6.97. The van der Waals surface area contributed by atoms with E-state index in [0.717, 1.165) is 42.8 Å². The number of nitrogens with zero attached hydrogens (tertiary/aromatic N) is 2. The van der Waals surface area contributed by atoms with Crippen LogP contribution in [-0.2, 0) is 0 Å². The van der Waals surface area contributed by atoms with Crippen molar-refractivity contribution in [1.29, 1.82) is 0 Å². The van der Waals surface area contributed by atoms with Gasteiger partial charge in [-0.05, 0) is 54.7 Å². The number of anilines is 1. The lowest BCUT2D eigenvalue weighted by atomic mass is 9.88. The Morgan fingerprint density at radius 2 is 1.68 bits per heavy atom. The van der Waals surface area contributed by atoms with Crippen molar-refractivity contribution < 1.29 is 9.53 Å². The third kappa shape index (κ3) is 3.83. The number of piperidine rings is 1.